The molecule has 0 unspecified atom stereocenters. The summed E-state index contributed by atoms with van der Waals surface area (Å²) in [6, 6.07) is 19.0. The quantitative estimate of drug-likeness (QED) is 0.367. The second-order valence-electron chi connectivity index (χ2n) is 7.61. The summed E-state index contributed by atoms with van der Waals surface area (Å²) in [4.78, 5) is 27.3. The van der Waals surface area contributed by atoms with E-state index in [0.29, 0.717) is 11.6 Å². The van der Waals surface area contributed by atoms with E-state index < -0.39 is 11.8 Å². The smallest absolute Gasteiger partial charge is 0.270 e. The van der Waals surface area contributed by atoms with Gasteiger partial charge in [0.1, 0.15) is 11.3 Å². The number of hydrogen-bond acceptors (Lipinski definition) is 4. The van der Waals surface area contributed by atoms with Crippen molar-refractivity contribution in [1.29, 1.82) is 0 Å². The van der Waals surface area contributed by atoms with E-state index in [0.717, 1.165) is 27.6 Å². The molecule has 5 nitrogen and oxygen atoms in total. The maximum atomic E-state index is 13.3. The minimum absolute atomic E-state index is 0.0249. The van der Waals surface area contributed by atoms with E-state index in [1.165, 1.54) is 4.90 Å². The fourth-order valence-corrected chi connectivity index (χ4v) is 3.94. The van der Waals surface area contributed by atoms with Gasteiger partial charge in [0.05, 0.1) is 12.8 Å². The zero-order chi connectivity index (χ0) is 22.1. The van der Waals surface area contributed by atoms with E-state index in [1.807, 2.05) is 60.7 Å². The van der Waals surface area contributed by atoms with E-state index in [2.05, 4.69) is 19.2 Å². The van der Waals surface area contributed by atoms with Gasteiger partial charge in [0, 0.05) is 5.39 Å². The Labute approximate surface area is 186 Å². The van der Waals surface area contributed by atoms with E-state index >= 15 is 0 Å². The first kappa shape index (κ1) is 20.8. The average Bonchev–Trinajstić information content (AvgIpc) is 2.76. The van der Waals surface area contributed by atoms with E-state index in [4.69, 9.17) is 17.0 Å². The summed E-state index contributed by atoms with van der Waals surface area (Å²) < 4.78 is 5.44. The number of hydrogen-bond donors (Lipinski definition) is 1. The SMILES string of the molecule is COc1ccc(/C=C2\C(=O)NC(=S)N(c3ccc(C(C)C)cc3)C2=O)c2ccccc12. The van der Waals surface area contributed by atoms with Crippen LogP contribution in [0.4, 0.5) is 5.69 Å². The lowest BCUT2D eigenvalue weighted by Gasteiger charge is -2.29. The molecule has 1 aliphatic rings. The molecule has 0 atom stereocenters. The molecule has 31 heavy (non-hydrogen) atoms. The van der Waals surface area contributed by atoms with Crippen molar-refractivity contribution >= 4 is 51.7 Å². The van der Waals surface area contributed by atoms with Crippen LogP contribution in [0.15, 0.2) is 66.2 Å². The Morgan fingerprint density at radius 3 is 2.29 bits per heavy atom. The molecule has 3 aromatic rings. The number of benzene rings is 3. The van der Waals surface area contributed by atoms with Crippen molar-refractivity contribution in [3.05, 3.63) is 77.4 Å². The monoisotopic (exact) mass is 430 g/mol. The van der Waals surface area contributed by atoms with Gasteiger partial charge >= 0.3 is 0 Å². The van der Waals surface area contributed by atoms with Crippen LogP contribution in [0.2, 0.25) is 0 Å². The molecule has 0 saturated carbocycles. The maximum Gasteiger partial charge on any atom is 0.270 e. The molecule has 1 aliphatic heterocycles. The minimum Gasteiger partial charge on any atom is -0.496 e. The number of rotatable bonds is 4. The topological polar surface area (TPSA) is 58.6 Å². The highest BCUT2D eigenvalue weighted by Gasteiger charge is 2.34. The Balaban J connectivity index is 1.77. The molecule has 4 rings (SSSR count). The van der Waals surface area contributed by atoms with Gasteiger partial charge in [0.25, 0.3) is 11.8 Å². The summed E-state index contributed by atoms with van der Waals surface area (Å²) in [5.74, 6) is 0.137. The molecule has 0 spiro atoms. The third kappa shape index (κ3) is 3.82. The summed E-state index contributed by atoms with van der Waals surface area (Å²) in [6.07, 6.45) is 1.61. The molecular weight excluding hydrogens is 408 g/mol. The van der Waals surface area contributed by atoms with Gasteiger partial charge in [-0.2, -0.15) is 0 Å². The van der Waals surface area contributed by atoms with Crippen molar-refractivity contribution in [3.63, 3.8) is 0 Å². The van der Waals surface area contributed by atoms with Crippen LogP contribution < -0.4 is 15.0 Å². The Bertz CT molecular complexity index is 1230. The van der Waals surface area contributed by atoms with Crippen LogP contribution in [0, 0.1) is 0 Å². The first-order chi connectivity index (χ1) is 14.9. The highest BCUT2D eigenvalue weighted by molar-refractivity contribution is 7.80. The maximum absolute atomic E-state index is 13.3. The van der Waals surface area contributed by atoms with Crippen molar-refractivity contribution in [2.75, 3.05) is 12.0 Å². The normalized spacial score (nSPS) is 15.7. The van der Waals surface area contributed by atoms with Crippen molar-refractivity contribution < 1.29 is 14.3 Å². The van der Waals surface area contributed by atoms with Crippen LogP contribution in [0.3, 0.4) is 0 Å². The van der Waals surface area contributed by atoms with Crippen LogP contribution in [-0.4, -0.2) is 24.0 Å². The van der Waals surface area contributed by atoms with Crippen LogP contribution in [0.25, 0.3) is 16.8 Å². The molecule has 6 heteroatoms. The van der Waals surface area contributed by atoms with Gasteiger partial charge in [-0.3, -0.25) is 19.8 Å². The van der Waals surface area contributed by atoms with Crippen molar-refractivity contribution in [2.45, 2.75) is 19.8 Å². The Morgan fingerprint density at radius 1 is 0.968 bits per heavy atom. The summed E-state index contributed by atoms with van der Waals surface area (Å²) in [5, 5.41) is 4.50. The molecular formula is C25H22N2O3S. The van der Waals surface area contributed by atoms with Gasteiger partial charge in [0.15, 0.2) is 5.11 Å². The molecule has 1 N–H and O–H groups in total. The fourth-order valence-electron chi connectivity index (χ4n) is 3.65. The number of anilines is 1. The molecule has 0 aliphatic carbocycles. The predicted octanol–water partition coefficient (Wildman–Crippen LogP) is 4.80. The first-order valence-corrected chi connectivity index (χ1v) is 10.4. The number of amides is 2. The number of carbonyl (C=O) groups is 2. The number of nitrogens with zero attached hydrogens (tertiary/aromatic N) is 1. The second kappa shape index (κ2) is 8.32. The van der Waals surface area contributed by atoms with Gasteiger partial charge in [0.2, 0.25) is 0 Å². The molecule has 1 fully saturated rings. The van der Waals surface area contributed by atoms with Crippen molar-refractivity contribution in [2.24, 2.45) is 0 Å². The largest absolute Gasteiger partial charge is 0.496 e. The average molecular weight is 431 g/mol. The number of thiocarbonyl (C=S) groups is 1. The Morgan fingerprint density at radius 2 is 1.65 bits per heavy atom. The zero-order valence-corrected chi connectivity index (χ0v) is 18.3. The first-order valence-electron chi connectivity index (χ1n) is 9.98. The zero-order valence-electron chi connectivity index (χ0n) is 17.5. The number of ether oxygens (including phenoxy) is 1. The van der Waals surface area contributed by atoms with Gasteiger partial charge < -0.3 is 4.74 Å². The van der Waals surface area contributed by atoms with Gasteiger partial charge in [-0.1, -0.05) is 56.3 Å². The molecule has 2 amide bonds. The standard InChI is InChI=1S/C25H22N2O3S/c1-15(2)16-8-11-18(12-9-16)27-24(29)21(23(28)26-25(27)31)14-17-10-13-22(30-3)20-7-5-4-6-19(17)20/h4-15H,1-3H3,(H,26,28,31)/b21-14+. The minimum atomic E-state index is -0.509. The fraction of sp³-hybridized carbons (Fsp3) is 0.160. The van der Waals surface area contributed by atoms with Crippen molar-refractivity contribution in [1.82, 2.24) is 5.32 Å². The third-order valence-corrected chi connectivity index (χ3v) is 5.64. The van der Waals surface area contributed by atoms with Gasteiger partial charge in [-0.05, 0) is 58.9 Å². The molecule has 1 heterocycles. The lowest BCUT2D eigenvalue weighted by molar-refractivity contribution is -0.122. The lowest BCUT2D eigenvalue weighted by Crippen LogP contribution is -2.54. The lowest BCUT2D eigenvalue weighted by atomic mass is 9.99. The molecule has 3 aromatic carbocycles. The predicted molar refractivity (Wildman–Crippen MR) is 127 cm³/mol. The third-order valence-electron chi connectivity index (χ3n) is 5.36. The van der Waals surface area contributed by atoms with Crippen molar-refractivity contribution in [3.8, 4) is 5.75 Å². The number of fused-ring (bicyclic) bond motifs is 1. The molecule has 0 aromatic heterocycles. The molecule has 0 bridgehead atoms. The van der Waals surface area contributed by atoms with Crippen LogP contribution >= 0.6 is 12.2 Å². The van der Waals surface area contributed by atoms with E-state index in [1.54, 1.807) is 13.2 Å². The van der Waals surface area contributed by atoms with Crippen LogP contribution in [0.5, 0.6) is 5.75 Å². The summed E-state index contributed by atoms with van der Waals surface area (Å²) in [5.41, 5.74) is 2.54. The number of carbonyl (C=O) groups excluding carboxylic acids is 2. The van der Waals surface area contributed by atoms with Gasteiger partial charge in [-0.15, -0.1) is 0 Å². The summed E-state index contributed by atoms with van der Waals surface area (Å²) >= 11 is 5.30. The summed E-state index contributed by atoms with van der Waals surface area (Å²) in [7, 11) is 1.61. The Hall–Kier alpha value is -3.51. The van der Waals surface area contributed by atoms with Crippen LogP contribution in [0.1, 0.15) is 30.9 Å². The van der Waals surface area contributed by atoms with E-state index in [9.17, 15) is 9.59 Å². The number of nitrogens with one attached hydrogen (secondary N) is 1. The second-order valence-corrected chi connectivity index (χ2v) is 7.99. The molecule has 1 saturated heterocycles. The van der Waals surface area contributed by atoms with Crippen LogP contribution in [-0.2, 0) is 9.59 Å². The Kier molecular flexibility index (Phi) is 5.57. The highest BCUT2D eigenvalue weighted by atomic mass is 32.1. The highest BCUT2D eigenvalue weighted by Crippen LogP contribution is 2.31. The molecule has 156 valence electrons. The number of methoxy groups -OCH3 is 1. The van der Waals surface area contributed by atoms with Gasteiger partial charge in [-0.25, -0.2) is 0 Å². The molecule has 0 radical (unpaired) electrons. The van der Waals surface area contributed by atoms with E-state index in [-0.39, 0.29) is 10.7 Å². The summed E-state index contributed by atoms with van der Waals surface area (Å²) in [6.45, 7) is 4.21.